The molecule has 0 aliphatic carbocycles. The van der Waals surface area contributed by atoms with Gasteiger partial charge in [0.05, 0.1) is 6.04 Å². The van der Waals surface area contributed by atoms with Crippen LogP contribution in [0.25, 0.3) is 0 Å². The molecule has 4 heteroatoms. The molecule has 0 fully saturated rings. The number of aromatic nitrogens is 2. The number of hydrogen-bond donors (Lipinski definition) is 1. The van der Waals surface area contributed by atoms with Crippen LogP contribution < -0.4 is 5.32 Å². The summed E-state index contributed by atoms with van der Waals surface area (Å²) in [5.74, 6) is 0. The van der Waals surface area contributed by atoms with E-state index in [0.29, 0.717) is 0 Å². The second-order valence-electron chi connectivity index (χ2n) is 4.19. The molecule has 0 aliphatic rings. The van der Waals surface area contributed by atoms with Crippen LogP contribution in [0.1, 0.15) is 41.9 Å². The van der Waals surface area contributed by atoms with Gasteiger partial charge in [-0.25, -0.2) is 0 Å². The van der Waals surface area contributed by atoms with Gasteiger partial charge >= 0.3 is 0 Å². The smallest absolute Gasteiger partial charge is 0.139 e. The summed E-state index contributed by atoms with van der Waals surface area (Å²) in [6.07, 6.45) is 2.14. The van der Waals surface area contributed by atoms with Crippen LogP contribution in [0.5, 0.6) is 0 Å². The number of nitrogens with zero attached hydrogens (tertiary/aromatic N) is 2. The van der Waals surface area contributed by atoms with Crippen molar-refractivity contribution in [2.45, 2.75) is 32.7 Å². The van der Waals surface area contributed by atoms with Gasteiger partial charge in [0.2, 0.25) is 0 Å². The molecule has 0 saturated carbocycles. The predicted molar refractivity (Wildman–Crippen MR) is 75.9 cm³/mol. The van der Waals surface area contributed by atoms with Gasteiger partial charge in [-0.1, -0.05) is 55.5 Å². The van der Waals surface area contributed by atoms with Crippen LogP contribution in [0.2, 0.25) is 0 Å². The van der Waals surface area contributed by atoms with Gasteiger partial charge in [-0.2, -0.15) is 0 Å². The van der Waals surface area contributed by atoms with Crippen LogP contribution in [0.4, 0.5) is 0 Å². The van der Waals surface area contributed by atoms with Gasteiger partial charge in [0.1, 0.15) is 10.0 Å². The first-order valence-corrected chi connectivity index (χ1v) is 7.27. The molecule has 1 aromatic carbocycles. The summed E-state index contributed by atoms with van der Waals surface area (Å²) in [5, 5.41) is 14.3. The summed E-state index contributed by atoms with van der Waals surface area (Å²) >= 11 is 1.72. The molecule has 1 atom stereocenters. The molecule has 0 saturated heterocycles. The summed E-state index contributed by atoms with van der Waals surface area (Å²) in [7, 11) is 0. The van der Waals surface area contributed by atoms with Crippen molar-refractivity contribution >= 4 is 11.3 Å². The van der Waals surface area contributed by atoms with Gasteiger partial charge in [0, 0.05) is 6.42 Å². The standard InChI is InChI=1S/C14H19N3S/c1-3-8-12-16-17-14(18-12)13(15-4-2)11-9-6-5-7-10-11/h5-7,9-10,13,15H,3-4,8H2,1-2H3. The van der Waals surface area contributed by atoms with E-state index in [4.69, 9.17) is 0 Å². The van der Waals surface area contributed by atoms with Crippen molar-refractivity contribution in [2.24, 2.45) is 0 Å². The average Bonchev–Trinajstić information content (AvgIpc) is 2.86. The van der Waals surface area contributed by atoms with Crippen molar-refractivity contribution in [3.8, 4) is 0 Å². The minimum absolute atomic E-state index is 0.166. The summed E-state index contributed by atoms with van der Waals surface area (Å²) in [6.45, 7) is 5.20. The first kappa shape index (κ1) is 13.2. The van der Waals surface area contributed by atoms with E-state index < -0.39 is 0 Å². The van der Waals surface area contributed by atoms with E-state index in [0.717, 1.165) is 29.4 Å². The van der Waals surface area contributed by atoms with Crippen molar-refractivity contribution in [1.82, 2.24) is 15.5 Å². The lowest BCUT2D eigenvalue weighted by atomic mass is 10.1. The van der Waals surface area contributed by atoms with E-state index in [2.05, 4.69) is 53.6 Å². The van der Waals surface area contributed by atoms with Crippen LogP contribution >= 0.6 is 11.3 Å². The monoisotopic (exact) mass is 261 g/mol. The first-order valence-electron chi connectivity index (χ1n) is 6.45. The van der Waals surface area contributed by atoms with Crippen molar-refractivity contribution < 1.29 is 0 Å². The lowest BCUT2D eigenvalue weighted by molar-refractivity contribution is 0.621. The zero-order valence-electron chi connectivity index (χ0n) is 10.9. The molecule has 3 nitrogen and oxygen atoms in total. The molecule has 0 bridgehead atoms. The van der Waals surface area contributed by atoms with E-state index in [1.807, 2.05) is 6.07 Å². The highest BCUT2D eigenvalue weighted by molar-refractivity contribution is 7.11. The molecule has 2 rings (SSSR count). The molecule has 1 aromatic heterocycles. The summed E-state index contributed by atoms with van der Waals surface area (Å²) < 4.78 is 0. The molecule has 18 heavy (non-hydrogen) atoms. The Morgan fingerprint density at radius 1 is 1.17 bits per heavy atom. The van der Waals surface area contributed by atoms with E-state index in [-0.39, 0.29) is 6.04 Å². The third-order valence-corrected chi connectivity index (χ3v) is 3.78. The summed E-state index contributed by atoms with van der Waals surface area (Å²) in [5.41, 5.74) is 1.25. The Bertz CT molecular complexity index is 467. The minimum Gasteiger partial charge on any atom is -0.304 e. The van der Waals surface area contributed by atoms with Gasteiger partial charge in [-0.3, -0.25) is 0 Å². The second kappa shape index (κ2) is 6.61. The lowest BCUT2D eigenvalue weighted by Crippen LogP contribution is -2.21. The number of benzene rings is 1. The van der Waals surface area contributed by atoms with Crippen molar-refractivity contribution in [3.63, 3.8) is 0 Å². The summed E-state index contributed by atoms with van der Waals surface area (Å²) in [6, 6.07) is 10.6. The molecule has 0 amide bonds. The molecule has 0 aliphatic heterocycles. The third-order valence-electron chi connectivity index (χ3n) is 2.73. The van der Waals surface area contributed by atoms with Crippen molar-refractivity contribution in [3.05, 3.63) is 45.9 Å². The Morgan fingerprint density at radius 3 is 2.61 bits per heavy atom. The zero-order valence-corrected chi connectivity index (χ0v) is 11.7. The normalized spacial score (nSPS) is 12.6. The van der Waals surface area contributed by atoms with Crippen LogP contribution in [0.3, 0.4) is 0 Å². The highest BCUT2D eigenvalue weighted by atomic mass is 32.1. The van der Waals surface area contributed by atoms with Gasteiger partial charge in [0.15, 0.2) is 0 Å². The maximum Gasteiger partial charge on any atom is 0.139 e. The number of hydrogen-bond acceptors (Lipinski definition) is 4. The lowest BCUT2D eigenvalue weighted by Gasteiger charge is -2.14. The molecular weight excluding hydrogens is 242 g/mol. The Hall–Kier alpha value is -1.26. The number of aryl methyl sites for hydroxylation is 1. The highest BCUT2D eigenvalue weighted by Crippen LogP contribution is 2.25. The molecular formula is C14H19N3S. The third kappa shape index (κ3) is 3.15. The highest BCUT2D eigenvalue weighted by Gasteiger charge is 2.17. The average molecular weight is 261 g/mol. The largest absolute Gasteiger partial charge is 0.304 e. The van der Waals surface area contributed by atoms with Gasteiger partial charge in [-0.15, -0.1) is 10.2 Å². The van der Waals surface area contributed by atoms with Crippen LogP contribution in [0.15, 0.2) is 30.3 Å². The molecule has 96 valence electrons. The topological polar surface area (TPSA) is 37.8 Å². The van der Waals surface area contributed by atoms with E-state index in [9.17, 15) is 0 Å². The SMILES string of the molecule is CCCc1nnc(C(NCC)c2ccccc2)s1. The molecule has 0 spiro atoms. The Labute approximate surface area is 112 Å². The second-order valence-corrected chi connectivity index (χ2v) is 5.28. The fraction of sp³-hybridized carbons (Fsp3) is 0.429. The number of rotatable bonds is 6. The predicted octanol–water partition coefficient (Wildman–Crippen LogP) is 3.19. The molecule has 0 radical (unpaired) electrons. The van der Waals surface area contributed by atoms with Gasteiger partial charge < -0.3 is 5.32 Å². The summed E-state index contributed by atoms with van der Waals surface area (Å²) in [4.78, 5) is 0. The Balaban J connectivity index is 2.23. The Morgan fingerprint density at radius 2 is 1.94 bits per heavy atom. The fourth-order valence-corrected chi connectivity index (χ4v) is 2.94. The van der Waals surface area contributed by atoms with Crippen LogP contribution in [-0.4, -0.2) is 16.7 Å². The van der Waals surface area contributed by atoms with Crippen LogP contribution in [-0.2, 0) is 6.42 Å². The molecule has 1 unspecified atom stereocenters. The van der Waals surface area contributed by atoms with E-state index in [1.54, 1.807) is 11.3 Å². The molecule has 2 aromatic rings. The van der Waals surface area contributed by atoms with E-state index in [1.165, 1.54) is 5.56 Å². The molecule has 1 N–H and O–H groups in total. The maximum absolute atomic E-state index is 4.34. The quantitative estimate of drug-likeness (QED) is 0.868. The zero-order chi connectivity index (χ0) is 12.8. The number of nitrogens with one attached hydrogen (secondary N) is 1. The van der Waals surface area contributed by atoms with Gasteiger partial charge in [-0.05, 0) is 18.5 Å². The van der Waals surface area contributed by atoms with Gasteiger partial charge in [0.25, 0.3) is 0 Å². The Kier molecular flexibility index (Phi) is 4.84. The fourth-order valence-electron chi connectivity index (χ4n) is 1.90. The van der Waals surface area contributed by atoms with Crippen molar-refractivity contribution in [1.29, 1.82) is 0 Å². The molecule has 1 heterocycles. The first-order chi connectivity index (χ1) is 8.85. The minimum atomic E-state index is 0.166. The van der Waals surface area contributed by atoms with Crippen LogP contribution in [0, 0.1) is 0 Å². The maximum atomic E-state index is 4.34. The van der Waals surface area contributed by atoms with Crippen molar-refractivity contribution in [2.75, 3.05) is 6.54 Å². The van der Waals surface area contributed by atoms with E-state index >= 15 is 0 Å².